The zero-order valence-electron chi connectivity index (χ0n) is 19.6. The van der Waals surface area contributed by atoms with Gasteiger partial charge in [0.1, 0.15) is 11.6 Å². The van der Waals surface area contributed by atoms with Gasteiger partial charge in [-0.2, -0.15) is 0 Å². The Morgan fingerprint density at radius 2 is 1.76 bits per heavy atom. The minimum Gasteiger partial charge on any atom is -0.467 e. The van der Waals surface area contributed by atoms with Crippen molar-refractivity contribution < 1.29 is 23.9 Å². The van der Waals surface area contributed by atoms with Gasteiger partial charge in [0.25, 0.3) is 0 Å². The van der Waals surface area contributed by atoms with E-state index in [-0.39, 0.29) is 12.3 Å². The molecule has 182 valence electrons. The summed E-state index contributed by atoms with van der Waals surface area (Å²) in [5.74, 6) is -0.715. The minimum absolute atomic E-state index is 0.235. The lowest BCUT2D eigenvalue weighted by atomic mass is 9.91. The van der Waals surface area contributed by atoms with Crippen molar-refractivity contribution in [2.24, 2.45) is 0 Å². The first-order valence-corrected chi connectivity index (χ1v) is 11.4. The summed E-state index contributed by atoms with van der Waals surface area (Å²) in [6.45, 7) is 6.76. The Kier molecular flexibility index (Phi) is 7.63. The number of hydrogen-bond donors (Lipinski definition) is 2. The van der Waals surface area contributed by atoms with E-state index in [1.165, 1.54) is 14.0 Å². The molecule has 2 N–H and O–H groups in total. The summed E-state index contributed by atoms with van der Waals surface area (Å²) >= 11 is 12.7. The second kappa shape index (κ2) is 10.1. The van der Waals surface area contributed by atoms with Crippen LogP contribution in [0.1, 0.15) is 45.7 Å². The molecule has 2 amide bonds. The molecule has 1 aliphatic heterocycles. The van der Waals surface area contributed by atoms with Gasteiger partial charge in [-0.3, -0.25) is 10.1 Å². The zero-order chi connectivity index (χ0) is 25.2. The van der Waals surface area contributed by atoms with Gasteiger partial charge in [0.15, 0.2) is 0 Å². The van der Waals surface area contributed by atoms with E-state index < -0.39 is 29.7 Å². The van der Waals surface area contributed by atoms with Crippen molar-refractivity contribution in [2.75, 3.05) is 22.6 Å². The third-order valence-corrected chi connectivity index (χ3v) is 5.67. The Hall–Kier alpha value is -2.97. The van der Waals surface area contributed by atoms with Crippen molar-refractivity contribution in [2.45, 2.75) is 51.8 Å². The first-order chi connectivity index (χ1) is 15.9. The molecular formula is C24H27Cl2N3O5. The number of anilines is 3. The van der Waals surface area contributed by atoms with E-state index in [1.807, 2.05) is 0 Å². The van der Waals surface area contributed by atoms with Crippen LogP contribution in [0.15, 0.2) is 36.4 Å². The highest BCUT2D eigenvalue weighted by molar-refractivity contribution is 6.35. The third-order valence-electron chi connectivity index (χ3n) is 5.14. The molecule has 34 heavy (non-hydrogen) atoms. The number of fused-ring (bicyclic) bond motifs is 1. The molecule has 0 saturated carbocycles. The van der Waals surface area contributed by atoms with Gasteiger partial charge in [-0.05, 0) is 57.2 Å². The number of benzene rings is 2. The van der Waals surface area contributed by atoms with E-state index in [4.69, 9.17) is 32.7 Å². The first-order valence-electron chi connectivity index (χ1n) is 10.6. The zero-order valence-corrected chi connectivity index (χ0v) is 21.1. The molecule has 2 aromatic carbocycles. The predicted molar refractivity (Wildman–Crippen MR) is 133 cm³/mol. The standard InChI is InChI=1S/C24H27Cl2N3O5/c1-13(30)29(16-8-6-15(7-9-16)27-23(32)34-24(2,3)4)20-12-19(22(31)33-5)28-18-11-14(25)10-17(26)21(18)20/h6-11,19-20,28H,12H2,1-5H3,(H,27,32)/t19-,20+/m0/s1. The van der Waals surface area contributed by atoms with Crippen molar-refractivity contribution >= 4 is 58.2 Å². The molecule has 0 spiro atoms. The molecule has 0 radical (unpaired) electrons. The van der Waals surface area contributed by atoms with Gasteiger partial charge in [-0.15, -0.1) is 0 Å². The maximum Gasteiger partial charge on any atom is 0.412 e. The number of hydrogen-bond acceptors (Lipinski definition) is 6. The van der Waals surface area contributed by atoms with Crippen LogP contribution in [0, 0.1) is 0 Å². The number of methoxy groups -OCH3 is 1. The molecule has 0 saturated heterocycles. The number of rotatable bonds is 4. The molecule has 0 unspecified atom stereocenters. The fourth-order valence-corrected chi connectivity index (χ4v) is 4.49. The number of carbonyl (C=O) groups is 3. The lowest BCUT2D eigenvalue weighted by Crippen LogP contribution is -2.43. The van der Waals surface area contributed by atoms with Crippen LogP contribution < -0.4 is 15.5 Å². The predicted octanol–water partition coefficient (Wildman–Crippen LogP) is 5.79. The molecule has 1 heterocycles. The van der Waals surface area contributed by atoms with Gasteiger partial charge >= 0.3 is 12.1 Å². The van der Waals surface area contributed by atoms with Crippen molar-refractivity contribution in [3.63, 3.8) is 0 Å². The maximum absolute atomic E-state index is 12.8. The number of amides is 2. The molecule has 0 bridgehead atoms. The average Bonchev–Trinajstić information content (AvgIpc) is 2.72. The van der Waals surface area contributed by atoms with Crippen LogP contribution in [0.4, 0.5) is 21.9 Å². The van der Waals surface area contributed by atoms with E-state index in [0.29, 0.717) is 32.7 Å². The summed E-state index contributed by atoms with van der Waals surface area (Å²) in [6.07, 6.45) is -0.348. The molecule has 10 heteroatoms. The molecule has 8 nitrogen and oxygen atoms in total. The second-order valence-corrected chi connectivity index (χ2v) is 9.73. The Bertz CT molecular complexity index is 1100. The lowest BCUT2D eigenvalue weighted by Gasteiger charge is -2.39. The summed E-state index contributed by atoms with van der Waals surface area (Å²) in [5, 5.41) is 6.54. The SMILES string of the molecule is COC(=O)[C@@H]1C[C@@H](N(C(C)=O)c2ccc(NC(=O)OC(C)(C)C)cc2)c2c(Cl)cc(Cl)cc2N1. The van der Waals surface area contributed by atoms with Crippen LogP contribution in [0.2, 0.25) is 10.0 Å². The molecule has 0 fully saturated rings. The smallest absolute Gasteiger partial charge is 0.412 e. The number of nitrogens with zero attached hydrogens (tertiary/aromatic N) is 1. The summed E-state index contributed by atoms with van der Waals surface area (Å²) in [4.78, 5) is 38.8. The number of esters is 1. The van der Waals surface area contributed by atoms with Crippen LogP contribution in [0.5, 0.6) is 0 Å². The first kappa shape index (κ1) is 25.6. The summed E-state index contributed by atoms with van der Waals surface area (Å²) in [7, 11) is 1.30. The fraction of sp³-hybridized carbons (Fsp3) is 0.375. The molecular weight excluding hydrogens is 481 g/mol. The Morgan fingerprint density at radius 1 is 1.12 bits per heavy atom. The van der Waals surface area contributed by atoms with Gasteiger partial charge in [0, 0.05) is 46.0 Å². The van der Waals surface area contributed by atoms with Gasteiger partial charge in [0.2, 0.25) is 5.91 Å². The van der Waals surface area contributed by atoms with Crippen LogP contribution in [-0.4, -0.2) is 36.7 Å². The van der Waals surface area contributed by atoms with E-state index in [0.717, 1.165) is 0 Å². The topological polar surface area (TPSA) is 97.0 Å². The minimum atomic E-state index is -0.702. The molecule has 2 atom stereocenters. The number of ether oxygens (including phenoxy) is 2. The van der Waals surface area contributed by atoms with Crippen LogP contribution in [0.25, 0.3) is 0 Å². The molecule has 3 rings (SSSR count). The lowest BCUT2D eigenvalue weighted by molar-refractivity contribution is -0.142. The van der Waals surface area contributed by atoms with E-state index in [1.54, 1.807) is 62.1 Å². The van der Waals surface area contributed by atoms with Crippen LogP contribution in [0.3, 0.4) is 0 Å². The quantitative estimate of drug-likeness (QED) is 0.508. The summed E-state index contributed by atoms with van der Waals surface area (Å²) < 4.78 is 10.2. The molecule has 0 aliphatic carbocycles. The summed E-state index contributed by atoms with van der Waals surface area (Å²) in [5.41, 5.74) is 1.64. The van der Waals surface area contributed by atoms with E-state index in [9.17, 15) is 14.4 Å². The molecule has 0 aromatic heterocycles. The monoisotopic (exact) mass is 507 g/mol. The van der Waals surface area contributed by atoms with Gasteiger partial charge in [0.05, 0.1) is 13.2 Å². The van der Waals surface area contributed by atoms with Gasteiger partial charge < -0.3 is 19.7 Å². The van der Waals surface area contributed by atoms with E-state index in [2.05, 4.69) is 10.6 Å². The maximum atomic E-state index is 12.8. The average molecular weight is 508 g/mol. The van der Waals surface area contributed by atoms with Crippen molar-refractivity contribution in [1.29, 1.82) is 0 Å². The van der Waals surface area contributed by atoms with Gasteiger partial charge in [-0.25, -0.2) is 9.59 Å². The van der Waals surface area contributed by atoms with Crippen molar-refractivity contribution in [3.05, 3.63) is 52.0 Å². The normalized spacial score (nSPS) is 17.1. The van der Waals surface area contributed by atoms with Crippen molar-refractivity contribution in [1.82, 2.24) is 0 Å². The highest BCUT2D eigenvalue weighted by Gasteiger charge is 2.38. The van der Waals surface area contributed by atoms with Gasteiger partial charge in [-0.1, -0.05) is 23.2 Å². The van der Waals surface area contributed by atoms with Crippen LogP contribution >= 0.6 is 23.2 Å². The third kappa shape index (κ3) is 5.93. The highest BCUT2D eigenvalue weighted by Crippen LogP contribution is 2.44. The largest absolute Gasteiger partial charge is 0.467 e. The Morgan fingerprint density at radius 3 is 2.32 bits per heavy atom. The van der Waals surface area contributed by atoms with Crippen LogP contribution in [-0.2, 0) is 19.1 Å². The molecule has 2 aromatic rings. The highest BCUT2D eigenvalue weighted by atomic mass is 35.5. The number of halogens is 2. The second-order valence-electron chi connectivity index (χ2n) is 8.88. The van der Waals surface area contributed by atoms with Crippen molar-refractivity contribution in [3.8, 4) is 0 Å². The van der Waals surface area contributed by atoms with E-state index >= 15 is 0 Å². The Balaban J connectivity index is 1.96. The molecule has 1 aliphatic rings. The number of carbonyl (C=O) groups excluding carboxylic acids is 3. The Labute approximate surface area is 208 Å². The summed E-state index contributed by atoms with van der Waals surface area (Å²) in [6, 6.07) is 8.73. The fourth-order valence-electron chi connectivity index (χ4n) is 3.87. The number of nitrogens with one attached hydrogen (secondary N) is 2.